The van der Waals surface area contributed by atoms with E-state index in [-0.39, 0.29) is 16.9 Å². The third-order valence-corrected chi connectivity index (χ3v) is 6.67. The molecule has 1 aromatic heterocycles. The van der Waals surface area contributed by atoms with Crippen molar-refractivity contribution < 1.29 is 19.4 Å². The van der Waals surface area contributed by atoms with Gasteiger partial charge in [-0.1, -0.05) is 29.8 Å². The molecule has 0 saturated carbocycles. The van der Waals surface area contributed by atoms with E-state index in [0.717, 1.165) is 16.0 Å². The Labute approximate surface area is 189 Å². The predicted octanol–water partition coefficient (Wildman–Crippen LogP) is 5.65. The monoisotopic (exact) mass is 453 g/mol. The van der Waals surface area contributed by atoms with Crippen molar-refractivity contribution >= 4 is 46.1 Å². The number of amides is 1. The molecule has 0 radical (unpaired) electrons. The van der Waals surface area contributed by atoms with Gasteiger partial charge in [-0.15, -0.1) is 11.3 Å². The number of carbonyl (C=O) groups is 2. The molecule has 2 heterocycles. The van der Waals surface area contributed by atoms with Crippen molar-refractivity contribution in [2.24, 2.45) is 0 Å². The number of aryl methyl sites for hydroxylation is 1. The van der Waals surface area contributed by atoms with Crippen LogP contribution in [0.1, 0.15) is 27.6 Å². The highest BCUT2D eigenvalue weighted by Gasteiger charge is 2.48. The van der Waals surface area contributed by atoms with E-state index in [0.29, 0.717) is 16.5 Å². The lowest BCUT2D eigenvalue weighted by Crippen LogP contribution is -2.29. The molecule has 0 bridgehead atoms. The average Bonchev–Trinajstić information content (AvgIpc) is 3.37. The van der Waals surface area contributed by atoms with Gasteiger partial charge in [0.2, 0.25) is 0 Å². The topological polar surface area (TPSA) is 66.8 Å². The summed E-state index contributed by atoms with van der Waals surface area (Å²) in [4.78, 5) is 28.7. The Hall–Kier alpha value is -3.09. The van der Waals surface area contributed by atoms with Gasteiger partial charge in [0.1, 0.15) is 17.6 Å². The molecule has 1 atom stereocenters. The lowest BCUT2D eigenvalue weighted by molar-refractivity contribution is -0.132. The number of thiophene rings is 1. The summed E-state index contributed by atoms with van der Waals surface area (Å²) in [6, 6.07) is 13.3. The first-order valence-electron chi connectivity index (χ1n) is 9.59. The van der Waals surface area contributed by atoms with Crippen LogP contribution < -0.4 is 9.64 Å². The first-order valence-corrected chi connectivity index (χ1v) is 10.9. The summed E-state index contributed by atoms with van der Waals surface area (Å²) in [5, 5.41) is 13.5. The summed E-state index contributed by atoms with van der Waals surface area (Å²) in [5.74, 6) is -1.40. The highest BCUT2D eigenvalue weighted by atomic mass is 35.5. The third-order valence-electron chi connectivity index (χ3n) is 5.51. The number of halogens is 1. The van der Waals surface area contributed by atoms with Crippen LogP contribution in [0.3, 0.4) is 0 Å². The van der Waals surface area contributed by atoms with Gasteiger partial charge in [-0.05, 0) is 60.7 Å². The number of aliphatic hydroxyl groups is 1. The van der Waals surface area contributed by atoms with Gasteiger partial charge >= 0.3 is 0 Å². The normalized spacial score (nSPS) is 17.9. The molecule has 158 valence electrons. The molecule has 1 N–H and O–H groups in total. The number of hydrogen-bond donors (Lipinski definition) is 1. The quantitative estimate of drug-likeness (QED) is 0.315. The number of rotatable bonds is 4. The van der Waals surface area contributed by atoms with E-state index in [9.17, 15) is 14.7 Å². The standard InChI is InChI=1S/C24H20ClNO4S/c1-13-6-4-7-17(14(13)2)26-21(19-8-5-11-31-19)20(23(28)24(26)29)22(27)16-12-15(25)9-10-18(16)30-3/h4-12,21,27H,1-3H3/b22-20-. The molecule has 3 aromatic rings. The van der Waals surface area contributed by atoms with Crippen LogP contribution in [-0.4, -0.2) is 23.9 Å². The summed E-state index contributed by atoms with van der Waals surface area (Å²) in [5.41, 5.74) is 2.80. The molecule has 7 heteroatoms. The molecule has 1 aliphatic rings. The van der Waals surface area contributed by atoms with E-state index in [1.54, 1.807) is 12.1 Å². The fourth-order valence-corrected chi connectivity index (χ4v) is 4.80. The number of ketones is 1. The van der Waals surface area contributed by atoms with Crippen molar-refractivity contribution in [3.8, 4) is 5.75 Å². The minimum absolute atomic E-state index is 0.00826. The van der Waals surface area contributed by atoms with E-state index < -0.39 is 17.7 Å². The lowest BCUT2D eigenvalue weighted by atomic mass is 9.98. The average molecular weight is 454 g/mol. The Morgan fingerprint density at radius 1 is 1.13 bits per heavy atom. The van der Waals surface area contributed by atoms with Crippen molar-refractivity contribution in [1.29, 1.82) is 0 Å². The van der Waals surface area contributed by atoms with Crippen LogP contribution in [0, 0.1) is 13.8 Å². The Kier molecular flexibility index (Phi) is 5.60. The van der Waals surface area contributed by atoms with Gasteiger partial charge in [0, 0.05) is 15.6 Å². The number of anilines is 1. The van der Waals surface area contributed by atoms with Crippen molar-refractivity contribution in [2.75, 3.05) is 12.0 Å². The first-order chi connectivity index (χ1) is 14.8. The zero-order valence-electron chi connectivity index (χ0n) is 17.2. The number of benzene rings is 2. The van der Waals surface area contributed by atoms with E-state index >= 15 is 0 Å². The summed E-state index contributed by atoms with van der Waals surface area (Å²) in [6.07, 6.45) is 0. The summed E-state index contributed by atoms with van der Waals surface area (Å²) in [7, 11) is 1.46. The second kappa shape index (κ2) is 8.21. The first kappa shape index (κ1) is 21.2. The third kappa shape index (κ3) is 3.52. The number of Topliss-reactive ketones (excluding diaryl/α,β-unsaturated/α-hetero) is 1. The molecule has 1 aliphatic heterocycles. The number of aliphatic hydroxyl groups excluding tert-OH is 1. The number of carbonyl (C=O) groups excluding carboxylic acids is 2. The van der Waals surface area contributed by atoms with E-state index in [1.807, 2.05) is 49.6 Å². The summed E-state index contributed by atoms with van der Waals surface area (Å²) >= 11 is 7.55. The minimum atomic E-state index is -0.760. The fraction of sp³-hybridized carbons (Fsp3) is 0.167. The van der Waals surface area contributed by atoms with Crippen molar-refractivity contribution in [2.45, 2.75) is 19.9 Å². The van der Waals surface area contributed by atoms with Gasteiger partial charge in [0.05, 0.1) is 18.2 Å². The van der Waals surface area contributed by atoms with Crippen LogP contribution in [0.4, 0.5) is 5.69 Å². The van der Waals surface area contributed by atoms with Gasteiger partial charge in [0.15, 0.2) is 0 Å². The summed E-state index contributed by atoms with van der Waals surface area (Å²) < 4.78 is 5.36. The van der Waals surface area contributed by atoms with Gasteiger partial charge < -0.3 is 9.84 Å². The maximum atomic E-state index is 13.2. The number of methoxy groups -OCH3 is 1. The van der Waals surface area contributed by atoms with Crippen LogP contribution in [0.2, 0.25) is 5.02 Å². The Balaban J connectivity index is 1.99. The molecule has 1 fully saturated rings. The highest BCUT2D eigenvalue weighted by molar-refractivity contribution is 7.10. The predicted molar refractivity (Wildman–Crippen MR) is 123 cm³/mol. The van der Waals surface area contributed by atoms with Gasteiger partial charge in [-0.25, -0.2) is 0 Å². The number of hydrogen-bond acceptors (Lipinski definition) is 5. The van der Waals surface area contributed by atoms with Crippen LogP contribution in [-0.2, 0) is 9.59 Å². The van der Waals surface area contributed by atoms with Gasteiger partial charge in [-0.3, -0.25) is 14.5 Å². The van der Waals surface area contributed by atoms with Crippen molar-refractivity contribution in [1.82, 2.24) is 0 Å². The minimum Gasteiger partial charge on any atom is -0.507 e. The number of nitrogens with zero attached hydrogens (tertiary/aromatic N) is 1. The number of ether oxygens (including phenoxy) is 1. The van der Waals surface area contributed by atoms with Crippen molar-refractivity contribution in [3.05, 3.63) is 86.1 Å². The van der Waals surface area contributed by atoms with Crippen LogP contribution in [0.15, 0.2) is 59.5 Å². The molecule has 1 amide bonds. The second-order valence-electron chi connectivity index (χ2n) is 7.25. The molecule has 2 aromatic carbocycles. The second-order valence-corrected chi connectivity index (χ2v) is 8.66. The molecule has 0 aliphatic carbocycles. The van der Waals surface area contributed by atoms with Gasteiger partial charge in [-0.2, -0.15) is 0 Å². The molecule has 31 heavy (non-hydrogen) atoms. The molecule has 4 rings (SSSR count). The van der Waals surface area contributed by atoms with Crippen molar-refractivity contribution in [3.63, 3.8) is 0 Å². The van der Waals surface area contributed by atoms with Gasteiger partial charge in [0.25, 0.3) is 11.7 Å². The SMILES string of the molecule is COc1ccc(Cl)cc1/C(O)=C1/C(=O)C(=O)N(c2cccc(C)c2C)C1c1cccs1. The smallest absolute Gasteiger partial charge is 0.300 e. The molecule has 0 spiro atoms. The Morgan fingerprint density at radius 3 is 2.58 bits per heavy atom. The van der Waals surface area contributed by atoms with E-state index in [4.69, 9.17) is 16.3 Å². The molecule has 1 saturated heterocycles. The largest absolute Gasteiger partial charge is 0.507 e. The lowest BCUT2D eigenvalue weighted by Gasteiger charge is -2.26. The van der Waals surface area contributed by atoms with E-state index in [2.05, 4.69) is 0 Å². The fourth-order valence-electron chi connectivity index (χ4n) is 3.80. The highest BCUT2D eigenvalue weighted by Crippen LogP contribution is 2.45. The zero-order chi connectivity index (χ0) is 22.3. The maximum Gasteiger partial charge on any atom is 0.300 e. The molecule has 5 nitrogen and oxygen atoms in total. The van der Waals surface area contributed by atoms with Crippen LogP contribution >= 0.6 is 22.9 Å². The zero-order valence-corrected chi connectivity index (χ0v) is 18.8. The Bertz CT molecular complexity index is 1220. The Morgan fingerprint density at radius 2 is 1.90 bits per heavy atom. The van der Waals surface area contributed by atoms with E-state index in [1.165, 1.54) is 29.4 Å². The molecule has 1 unspecified atom stereocenters. The summed E-state index contributed by atoms with van der Waals surface area (Å²) in [6.45, 7) is 3.86. The van der Waals surface area contributed by atoms with Crippen LogP contribution in [0.5, 0.6) is 5.75 Å². The molecular weight excluding hydrogens is 434 g/mol. The molecular formula is C24H20ClNO4S. The van der Waals surface area contributed by atoms with Crippen LogP contribution in [0.25, 0.3) is 5.76 Å². The maximum absolute atomic E-state index is 13.2.